The average Bonchev–Trinajstić information content (AvgIpc) is 2.87. The summed E-state index contributed by atoms with van der Waals surface area (Å²) in [5.41, 5.74) is 2.85. The van der Waals surface area contributed by atoms with Crippen molar-refractivity contribution in [2.24, 2.45) is 10.2 Å². The van der Waals surface area contributed by atoms with Crippen LogP contribution in [0.3, 0.4) is 0 Å². The van der Waals surface area contributed by atoms with Crippen LogP contribution in [0.2, 0.25) is 0 Å². The fourth-order valence-electron chi connectivity index (χ4n) is 0.716. The van der Waals surface area contributed by atoms with Crippen molar-refractivity contribution in [2.75, 3.05) is 0 Å². The third kappa shape index (κ3) is 4.78. The van der Waals surface area contributed by atoms with Gasteiger partial charge in [0.1, 0.15) is 0 Å². The van der Waals surface area contributed by atoms with Crippen LogP contribution in [0, 0.1) is 0 Å². The van der Waals surface area contributed by atoms with E-state index < -0.39 is 0 Å². The number of hydrogen-bond donors (Lipinski definition) is 0. The van der Waals surface area contributed by atoms with Crippen LogP contribution < -0.4 is 0 Å². The number of hydrogen-bond acceptors (Lipinski definition) is 4. The predicted molar refractivity (Wildman–Crippen MR) is 53.0 cm³/mol. The van der Waals surface area contributed by atoms with E-state index >= 15 is 0 Å². The van der Waals surface area contributed by atoms with Crippen molar-refractivity contribution in [1.82, 2.24) is 0 Å². The molecule has 0 amide bonds. The van der Waals surface area contributed by atoms with Crippen LogP contribution in [-0.4, -0.2) is 12.2 Å². The van der Waals surface area contributed by atoms with Gasteiger partial charge in [0.2, 0.25) is 0 Å². The van der Waals surface area contributed by atoms with Crippen molar-refractivity contribution in [3.05, 3.63) is 24.3 Å². The van der Waals surface area contributed by atoms with E-state index in [1.165, 1.54) is 11.1 Å². The molecular formula is C10H10N2O2. The maximum atomic E-state index is 9.00. The van der Waals surface area contributed by atoms with E-state index in [0.717, 1.165) is 12.2 Å². The van der Waals surface area contributed by atoms with Crippen LogP contribution in [0.4, 0.5) is 0 Å². The van der Waals surface area contributed by atoms with Gasteiger partial charge in [-0.1, -0.05) is 42.2 Å². The molecule has 0 saturated carbocycles. The van der Waals surface area contributed by atoms with E-state index in [2.05, 4.69) is 34.5 Å². The number of rotatable bonds is 1. The molecule has 0 atom stereocenters. The smallest absolute Gasteiger partial charge is 0.209 e. The Kier molecular flexibility index (Phi) is 6.52. The molecule has 4 nitrogen and oxygen atoms in total. The molecule has 0 unspecified atom stereocenters. The van der Waals surface area contributed by atoms with Gasteiger partial charge in [0.15, 0.2) is 0 Å². The Morgan fingerprint density at radius 3 is 1.57 bits per heavy atom. The van der Waals surface area contributed by atoms with Crippen molar-refractivity contribution >= 4 is 12.2 Å². The molecule has 14 heavy (non-hydrogen) atoms. The summed E-state index contributed by atoms with van der Waals surface area (Å²) in [6.45, 7) is 4.00. The molecule has 0 heterocycles. The first-order valence-electron chi connectivity index (χ1n) is 4.13. The maximum absolute atomic E-state index is 9.00. The monoisotopic (exact) mass is 190 g/mol. The lowest BCUT2D eigenvalue weighted by atomic mass is 10.6. The first-order valence-corrected chi connectivity index (χ1v) is 4.13. The Bertz CT molecular complexity index is 342. The van der Waals surface area contributed by atoms with Gasteiger partial charge in [0.25, 0.3) is 12.2 Å². The van der Waals surface area contributed by atoms with E-state index in [0.29, 0.717) is 0 Å². The van der Waals surface area contributed by atoms with Gasteiger partial charge in [-0.15, -0.1) is 0 Å². The lowest BCUT2D eigenvalue weighted by Gasteiger charge is -1.48. The fraction of sp³-hybridized carbons (Fsp3) is 0.200. The number of fused-ring (bicyclic) bond motifs is 1. The predicted octanol–water partition coefficient (Wildman–Crippen LogP) is 2.27. The summed E-state index contributed by atoms with van der Waals surface area (Å²) in [7, 11) is 0. The molecule has 0 aromatic rings. The standard InChI is InChI=1S/C6H4.C2N2O2.C2H6/c1-2-5-4-6(5)3-1;5-1-3-4-2-6;1-2/h1-4H;;1-2H3. The van der Waals surface area contributed by atoms with Crippen molar-refractivity contribution in [1.29, 1.82) is 0 Å². The molecule has 72 valence electrons. The summed E-state index contributed by atoms with van der Waals surface area (Å²) in [4.78, 5) is 18.0. The van der Waals surface area contributed by atoms with Gasteiger partial charge >= 0.3 is 0 Å². The minimum Gasteiger partial charge on any atom is -0.209 e. The SMILES string of the molecule is CC.O=C=NN=C=O.c1cc2cc-2c1. The lowest BCUT2D eigenvalue weighted by Crippen LogP contribution is -1.45. The molecule has 0 aromatic carbocycles. The average molecular weight is 190 g/mol. The van der Waals surface area contributed by atoms with Crippen molar-refractivity contribution in [2.45, 2.75) is 13.8 Å². The molecule has 0 spiro atoms. The van der Waals surface area contributed by atoms with Gasteiger partial charge < -0.3 is 0 Å². The molecule has 0 aliphatic heterocycles. The minimum absolute atomic E-state index is 1.01. The van der Waals surface area contributed by atoms with Gasteiger partial charge in [0.05, 0.1) is 0 Å². The van der Waals surface area contributed by atoms with Crippen LogP contribution in [-0.2, 0) is 9.59 Å². The van der Waals surface area contributed by atoms with Crippen LogP contribution in [0.15, 0.2) is 34.5 Å². The number of isocyanates is 2. The molecule has 4 heteroatoms. The van der Waals surface area contributed by atoms with Crippen LogP contribution in [0.5, 0.6) is 0 Å². The topological polar surface area (TPSA) is 58.9 Å². The Hall–Kier alpha value is -2.02. The molecule has 0 N–H and O–H groups in total. The van der Waals surface area contributed by atoms with Gasteiger partial charge in [0, 0.05) is 0 Å². The molecular weight excluding hydrogens is 180 g/mol. The second-order valence-corrected chi connectivity index (χ2v) is 1.96. The van der Waals surface area contributed by atoms with E-state index in [4.69, 9.17) is 9.59 Å². The first-order chi connectivity index (χ1) is 6.88. The van der Waals surface area contributed by atoms with E-state index in [9.17, 15) is 0 Å². The van der Waals surface area contributed by atoms with E-state index in [-0.39, 0.29) is 0 Å². The Labute approximate surface area is 82.0 Å². The second kappa shape index (κ2) is 7.62. The molecule has 0 saturated heterocycles. The maximum Gasteiger partial charge on any atom is 0.261 e. The normalized spacial score (nSPS) is 7.29. The molecule has 0 aromatic heterocycles. The zero-order chi connectivity index (χ0) is 10.8. The summed E-state index contributed by atoms with van der Waals surface area (Å²) >= 11 is 0. The third-order valence-electron chi connectivity index (χ3n) is 1.24. The summed E-state index contributed by atoms with van der Waals surface area (Å²) in [6, 6.07) is 8.48. The van der Waals surface area contributed by atoms with Crippen LogP contribution in [0.1, 0.15) is 13.8 Å². The highest BCUT2D eigenvalue weighted by atomic mass is 16.1. The number of benzene rings is 1. The van der Waals surface area contributed by atoms with Gasteiger partial charge in [-0.2, -0.15) is 0 Å². The van der Waals surface area contributed by atoms with Crippen molar-refractivity contribution < 1.29 is 9.59 Å². The zero-order valence-corrected chi connectivity index (χ0v) is 8.02. The highest BCUT2D eigenvalue weighted by Crippen LogP contribution is 2.32. The highest BCUT2D eigenvalue weighted by molar-refractivity contribution is 5.80. The van der Waals surface area contributed by atoms with Gasteiger partial charge in [-0.25, -0.2) is 9.59 Å². The van der Waals surface area contributed by atoms with E-state index in [1.807, 2.05) is 13.8 Å². The molecule has 0 radical (unpaired) electrons. The van der Waals surface area contributed by atoms with Crippen molar-refractivity contribution in [3.63, 3.8) is 0 Å². The molecule has 2 aliphatic carbocycles. The number of nitrogens with zero attached hydrogens (tertiary/aromatic N) is 2. The fourth-order valence-corrected chi connectivity index (χ4v) is 0.716. The summed E-state index contributed by atoms with van der Waals surface area (Å²) in [5, 5.41) is 4.97. The third-order valence-corrected chi connectivity index (χ3v) is 1.24. The molecule has 0 fully saturated rings. The second-order valence-electron chi connectivity index (χ2n) is 1.96. The minimum atomic E-state index is 1.01. The lowest BCUT2D eigenvalue weighted by molar-refractivity contribution is 0.557. The zero-order valence-electron chi connectivity index (χ0n) is 8.02. The van der Waals surface area contributed by atoms with Crippen LogP contribution in [0.25, 0.3) is 11.1 Å². The number of carbonyl (C=O) groups excluding carboxylic acids is 2. The first kappa shape index (κ1) is 12.0. The van der Waals surface area contributed by atoms with Gasteiger partial charge in [-0.05, 0) is 17.2 Å². The van der Waals surface area contributed by atoms with Gasteiger partial charge in [-0.3, -0.25) is 0 Å². The summed E-state index contributed by atoms with van der Waals surface area (Å²) in [6.07, 6.45) is 2.03. The summed E-state index contributed by atoms with van der Waals surface area (Å²) in [5.74, 6) is 0. The molecule has 2 rings (SSSR count). The molecule has 2 aliphatic rings. The van der Waals surface area contributed by atoms with Crippen LogP contribution >= 0.6 is 0 Å². The highest BCUT2D eigenvalue weighted by Gasteiger charge is 2.06. The Morgan fingerprint density at radius 2 is 1.43 bits per heavy atom. The Balaban J connectivity index is 0.000000206. The summed E-state index contributed by atoms with van der Waals surface area (Å²) < 4.78 is 0. The largest absolute Gasteiger partial charge is 0.261 e. The van der Waals surface area contributed by atoms with E-state index in [1.54, 1.807) is 0 Å². The Morgan fingerprint density at radius 1 is 1.00 bits per heavy atom. The molecule has 0 bridgehead atoms. The quantitative estimate of drug-likeness (QED) is 0.393. The van der Waals surface area contributed by atoms with Crippen molar-refractivity contribution in [3.8, 4) is 11.1 Å².